The maximum Gasteiger partial charge on any atom is 0.225 e. The van der Waals surface area contributed by atoms with Crippen molar-refractivity contribution in [3.63, 3.8) is 0 Å². The summed E-state index contributed by atoms with van der Waals surface area (Å²) in [5.74, 6) is 1.65. The van der Waals surface area contributed by atoms with Gasteiger partial charge in [0.25, 0.3) is 0 Å². The highest BCUT2D eigenvalue weighted by Gasteiger charge is 2.29. The Morgan fingerprint density at radius 3 is 2.76 bits per heavy atom. The fraction of sp³-hybridized carbons (Fsp3) is 0.833. The predicted octanol–water partition coefficient (Wildman–Crippen LogP) is 3.02. The van der Waals surface area contributed by atoms with Gasteiger partial charge < -0.3 is 9.30 Å². The number of aromatic nitrogens is 3. The van der Waals surface area contributed by atoms with Crippen molar-refractivity contribution in [2.75, 3.05) is 13.2 Å². The molecule has 2 rings (SSSR count). The Bertz CT molecular complexity index is 350. The van der Waals surface area contributed by atoms with E-state index in [4.69, 9.17) is 16.3 Å². The highest BCUT2D eigenvalue weighted by atomic mass is 35.5. The predicted molar refractivity (Wildman–Crippen MR) is 67.4 cm³/mol. The molecule has 0 unspecified atom stereocenters. The second kappa shape index (κ2) is 6.36. The van der Waals surface area contributed by atoms with Crippen molar-refractivity contribution in [1.29, 1.82) is 0 Å². The minimum atomic E-state index is 0.514. The van der Waals surface area contributed by atoms with Gasteiger partial charge in [-0.1, -0.05) is 13.3 Å². The van der Waals surface area contributed by atoms with E-state index in [0.717, 1.165) is 38.4 Å². The Hall–Kier alpha value is -0.610. The second-order valence-corrected chi connectivity index (χ2v) is 4.91. The molecule has 1 saturated carbocycles. The number of hydrogen-bond acceptors (Lipinski definition) is 3. The van der Waals surface area contributed by atoms with E-state index in [1.165, 1.54) is 19.3 Å². The van der Waals surface area contributed by atoms with E-state index >= 15 is 0 Å². The average Bonchev–Trinajstić information content (AvgIpc) is 3.10. The minimum Gasteiger partial charge on any atom is -0.381 e. The maximum atomic E-state index is 6.03. The lowest BCUT2D eigenvalue weighted by Gasteiger charge is -2.07. The van der Waals surface area contributed by atoms with E-state index in [2.05, 4.69) is 17.1 Å². The van der Waals surface area contributed by atoms with Gasteiger partial charge in [-0.15, -0.1) is 10.2 Å². The van der Waals surface area contributed by atoms with Gasteiger partial charge in [0.05, 0.1) is 0 Å². The van der Waals surface area contributed by atoms with Gasteiger partial charge in [0, 0.05) is 25.7 Å². The van der Waals surface area contributed by atoms with Crippen LogP contribution in [0.5, 0.6) is 0 Å². The maximum absolute atomic E-state index is 6.03. The van der Waals surface area contributed by atoms with E-state index in [0.29, 0.717) is 11.2 Å². The molecule has 1 heterocycles. The second-order valence-electron chi connectivity index (χ2n) is 4.57. The highest BCUT2D eigenvalue weighted by Crippen LogP contribution is 2.39. The fourth-order valence-electron chi connectivity index (χ4n) is 1.82. The molecule has 1 fully saturated rings. The van der Waals surface area contributed by atoms with Crippen LogP contribution < -0.4 is 0 Å². The smallest absolute Gasteiger partial charge is 0.225 e. The van der Waals surface area contributed by atoms with Gasteiger partial charge in [0.15, 0.2) is 0 Å². The monoisotopic (exact) mass is 257 g/mol. The molecular weight excluding hydrogens is 238 g/mol. The van der Waals surface area contributed by atoms with Gasteiger partial charge in [-0.3, -0.25) is 0 Å². The average molecular weight is 258 g/mol. The Labute approximate surface area is 107 Å². The normalized spacial score (nSPS) is 15.4. The topological polar surface area (TPSA) is 39.9 Å². The quantitative estimate of drug-likeness (QED) is 0.672. The summed E-state index contributed by atoms with van der Waals surface area (Å²) < 4.78 is 7.56. The van der Waals surface area contributed by atoms with Crippen LogP contribution in [0.4, 0.5) is 0 Å². The molecule has 96 valence electrons. The zero-order valence-corrected chi connectivity index (χ0v) is 11.1. The number of ether oxygens (including phenoxy) is 1. The molecule has 17 heavy (non-hydrogen) atoms. The van der Waals surface area contributed by atoms with Crippen LogP contribution in [0.1, 0.15) is 50.8 Å². The molecule has 1 aliphatic carbocycles. The lowest BCUT2D eigenvalue weighted by atomic mass is 10.3. The van der Waals surface area contributed by atoms with Gasteiger partial charge in [0.1, 0.15) is 5.82 Å². The fourth-order valence-corrected chi connectivity index (χ4v) is 2.03. The van der Waals surface area contributed by atoms with Crippen LogP contribution >= 0.6 is 11.6 Å². The van der Waals surface area contributed by atoms with Crippen LogP contribution in [0.15, 0.2) is 0 Å². The molecule has 0 saturated heterocycles. The molecule has 0 aliphatic heterocycles. The van der Waals surface area contributed by atoms with Crippen molar-refractivity contribution < 1.29 is 4.74 Å². The summed E-state index contributed by atoms with van der Waals surface area (Å²) in [6.45, 7) is 4.69. The van der Waals surface area contributed by atoms with E-state index in [-0.39, 0.29) is 0 Å². The van der Waals surface area contributed by atoms with Gasteiger partial charge in [-0.25, -0.2) is 0 Å². The molecule has 0 spiro atoms. The van der Waals surface area contributed by atoms with Crippen LogP contribution in [0, 0.1) is 0 Å². The molecule has 0 atom stereocenters. The van der Waals surface area contributed by atoms with E-state index in [1.54, 1.807) is 0 Å². The molecule has 0 bridgehead atoms. The third-order valence-electron chi connectivity index (χ3n) is 2.99. The van der Waals surface area contributed by atoms with E-state index in [9.17, 15) is 0 Å². The Morgan fingerprint density at radius 2 is 2.06 bits per heavy atom. The Kier molecular flexibility index (Phi) is 4.80. The van der Waals surface area contributed by atoms with Gasteiger partial charge in [-0.2, -0.15) is 0 Å². The summed E-state index contributed by atoms with van der Waals surface area (Å²) in [5, 5.41) is 8.60. The summed E-state index contributed by atoms with van der Waals surface area (Å²) in [5.41, 5.74) is 0. The molecule has 0 aromatic carbocycles. The lowest BCUT2D eigenvalue weighted by Crippen LogP contribution is -2.07. The summed E-state index contributed by atoms with van der Waals surface area (Å²) in [4.78, 5) is 0. The first-order chi connectivity index (χ1) is 8.33. The van der Waals surface area contributed by atoms with Crippen LogP contribution in [0.3, 0.4) is 0 Å². The third kappa shape index (κ3) is 3.68. The van der Waals surface area contributed by atoms with Crippen molar-refractivity contribution in [2.45, 2.75) is 51.5 Å². The molecule has 0 radical (unpaired) electrons. The molecule has 4 nitrogen and oxygen atoms in total. The Morgan fingerprint density at radius 1 is 1.29 bits per heavy atom. The minimum absolute atomic E-state index is 0.514. The molecule has 5 heteroatoms. The SMILES string of the molecule is CCCCOCCCn1c(Cl)nnc1C1CC1. The van der Waals surface area contributed by atoms with Crippen LogP contribution in [0.2, 0.25) is 5.28 Å². The summed E-state index contributed by atoms with van der Waals surface area (Å²) in [6.07, 6.45) is 5.75. The summed E-state index contributed by atoms with van der Waals surface area (Å²) in [6, 6.07) is 0. The van der Waals surface area contributed by atoms with Crippen molar-refractivity contribution in [1.82, 2.24) is 14.8 Å². The van der Waals surface area contributed by atoms with Gasteiger partial charge in [-0.05, 0) is 37.3 Å². The first-order valence-corrected chi connectivity index (χ1v) is 6.87. The van der Waals surface area contributed by atoms with Crippen LogP contribution in [-0.2, 0) is 11.3 Å². The van der Waals surface area contributed by atoms with Crippen molar-refractivity contribution >= 4 is 11.6 Å². The number of hydrogen-bond donors (Lipinski definition) is 0. The first-order valence-electron chi connectivity index (χ1n) is 6.49. The number of nitrogens with zero attached hydrogens (tertiary/aromatic N) is 3. The van der Waals surface area contributed by atoms with Gasteiger partial charge in [0.2, 0.25) is 5.28 Å². The summed E-state index contributed by atoms with van der Waals surface area (Å²) >= 11 is 6.03. The molecule has 1 aromatic rings. The van der Waals surface area contributed by atoms with Crippen LogP contribution in [0.25, 0.3) is 0 Å². The lowest BCUT2D eigenvalue weighted by molar-refractivity contribution is 0.126. The molecular formula is C12H20ClN3O. The molecule has 1 aliphatic rings. The highest BCUT2D eigenvalue weighted by molar-refractivity contribution is 6.28. The zero-order chi connectivity index (χ0) is 12.1. The molecule has 0 amide bonds. The zero-order valence-electron chi connectivity index (χ0n) is 10.4. The first kappa shape index (κ1) is 12.8. The van der Waals surface area contributed by atoms with Crippen molar-refractivity contribution in [2.24, 2.45) is 0 Å². The van der Waals surface area contributed by atoms with Crippen molar-refractivity contribution in [3.05, 3.63) is 11.1 Å². The standard InChI is InChI=1S/C12H20ClN3O/c1-2-3-8-17-9-4-7-16-11(10-5-6-10)14-15-12(16)13/h10H,2-9H2,1H3. The molecule has 0 N–H and O–H groups in total. The van der Waals surface area contributed by atoms with Crippen LogP contribution in [-0.4, -0.2) is 28.0 Å². The number of halogens is 1. The number of unbranched alkanes of at least 4 members (excludes halogenated alkanes) is 1. The number of rotatable bonds is 8. The molecule has 1 aromatic heterocycles. The van der Waals surface area contributed by atoms with E-state index in [1.807, 2.05) is 4.57 Å². The third-order valence-corrected chi connectivity index (χ3v) is 3.27. The van der Waals surface area contributed by atoms with E-state index < -0.39 is 0 Å². The van der Waals surface area contributed by atoms with Gasteiger partial charge >= 0.3 is 0 Å². The van der Waals surface area contributed by atoms with Crippen molar-refractivity contribution in [3.8, 4) is 0 Å². The Balaban J connectivity index is 1.72. The largest absolute Gasteiger partial charge is 0.381 e. The summed E-state index contributed by atoms with van der Waals surface area (Å²) in [7, 11) is 0.